The first-order valence-electron chi connectivity index (χ1n) is 11.2. The first-order valence-corrected chi connectivity index (χ1v) is 11.2. The van der Waals surface area contributed by atoms with Crippen LogP contribution in [-0.4, -0.2) is 66.6 Å². The van der Waals surface area contributed by atoms with Crippen LogP contribution in [0.4, 0.5) is 0 Å². The van der Waals surface area contributed by atoms with Gasteiger partial charge >= 0.3 is 5.97 Å². The number of rotatable bonds is 9. The van der Waals surface area contributed by atoms with Crippen molar-refractivity contribution in [3.8, 4) is 5.75 Å². The molecule has 8 nitrogen and oxygen atoms in total. The maximum absolute atomic E-state index is 13.4. The first-order chi connectivity index (χ1) is 15.8. The van der Waals surface area contributed by atoms with Crippen LogP contribution in [-0.2, 0) is 16.5 Å². The molecule has 33 heavy (non-hydrogen) atoms. The number of ketones is 1. The zero-order chi connectivity index (χ0) is 24.1. The van der Waals surface area contributed by atoms with E-state index in [1.165, 1.54) is 4.90 Å². The second-order valence-corrected chi connectivity index (χ2v) is 8.19. The third-order valence-electron chi connectivity index (χ3n) is 6.08. The molecular formula is C25H32N2O6. The fraction of sp³-hybridized carbons (Fsp3) is 0.480. The molecule has 0 saturated carbocycles. The molecule has 1 aromatic carbocycles. The van der Waals surface area contributed by atoms with Gasteiger partial charge in [-0.15, -0.1) is 0 Å². The number of carbonyl (C=O) groups is 3. The summed E-state index contributed by atoms with van der Waals surface area (Å²) in [7, 11) is 3.30. The molecule has 0 N–H and O–H groups in total. The Bertz CT molecular complexity index is 1020. The van der Waals surface area contributed by atoms with Gasteiger partial charge in [0.15, 0.2) is 5.78 Å². The van der Waals surface area contributed by atoms with Crippen LogP contribution < -0.4 is 4.74 Å². The van der Waals surface area contributed by atoms with E-state index in [2.05, 4.69) is 0 Å². The summed E-state index contributed by atoms with van der Waals surface area (Å²) in [5, 5.41) is 0. The van der Waals surface area contributed by atoms with Crippen molar-refractivity contribution >= 4 is 17.7 Å². The Morgan fingerprint density at radius 1 is 1.18 bits per heavy atom. The molecule has 1 aliphatic heterocycles. The average Bonchev–Trinajstić information content (AvgIpc) is 3.39. The summed E-state index contributed by atoms with van der Waals surface area (Å²) in [6, 6.07) is 6.81. The van der Waals surface area contributed by atoms with E-state index in [0.717, 1.165) is 12.8 Å². The zero-order valence-electron chi connectivity index (χ0n) is 20.0. The van der Waals surface area contributed by atoms with Gasteiger partial charge in [0.1, 0.15) is 11.4 Å². The molecule has 0 aliphatic carbocycles. The fourth-order valence-corrected chi connectivity index (χ4v) is 4.30. The molecule has 3 rings (SSSR count). The fourth-order valence-electron chi connectivity index (χ4n) is 4.30. The number of amides is 1. The summed E-state index contributed by atoms with van der Waals surface area (Å²) in [5.41, 5.74) is 2.49. The number of benzene rings is 1. The number of Topliss-reactive ketones (excluding diaryl/α,β-unsaturated/α-hetero) is 1. The summed E-state index contributed by atoms with van der Waals surface area (Å²) in [5.74, 6) is -0.296. The Kier molecular flexibility index (Phi) is 7.92. The molecule has 1 amide bonds. The van der Waals surface area contributed by atoms with Crippen LogP contribution in [0.25, 0.3) is 0 Å². The molecule has 1 fully saturated rings. The third-order valence-corrected chi connectivity index (χ3v) is 6.08. The Balaban J connectivity index is 1.89. The molecule has 8 heteroatoms. The summed E-state index contributed by atoms with van der Waals surface area (Å²) in [4.78, 5) is 40.7. The Morgan fingerprint density at radius 3 is 2.45 bits per heavy atom. The predicted molar refractivity (Wildman–Crippen MR) is 123 cm³/mol. The standard InChI is InChI=1S/C25H32N2O6/c1-6-32-25(30)23-16(2)22(17(3)26(23)4)21(28)15-27(14-20-8-7-13-33-20)24(29)18-9-11-19(31-5)12-10-18/h9-12,20H,6-8,13-15H2,1-5H3/t20-/m1/s1. The molecule has 0 bridgehead atoms. The van der Waals surface area contributed by atoms with Crippen molar-refractivity contribution in [3.63, 3.8) is 0 Å². The molecule has 2 heterocycles. The zero-order valence-corrected chi connectivity index (χ0v) is 20.0. The SMILES string of the molecule is CCOC(=O)c1c(C)c(C(=O)CN(C[C@H]2CCCO2)C(=O)c2ccc(OC)cc2)c(C)n1C. The van der Waals surface area contributed by atoms with Gasteiger partial charge in [-0.2, -0.15) is 0 Å². The Morgan fingerprint density at radius 2 is 1.88 bits per heavy atom. The number of esters is 1. The van der Waals surface area contributed by atoms with Crippen molar-refractivity contribution in [3.05, 3.63) is 52.3 Å². The van der Waals surface area contributed by atoms with Crippen molar-refractivity contribution in [2.75, 3.05) is 33.4 Å². The van der Waals surface area contributed by atoms with Gasteiger partial charge in [0, 0.05) is 37.0 Å². The highest BCUT2D eigenvalue weighted by Gasteiger charge is 2.30. The van der Waals surface area contributed by atoms with Crippen LogP contribution >= 0.6 is 0 Å². The van der Waals surface area contributed by atoms with Crippen LogP contribution in [0.15, 0.2) is 24.3 Å². The number of aromatic nitrogens is 1. The molecule has 1 aromatic heterocycles. The van der Waals surface area contributed by atoms with E-state index in [1.807, 2.05) is 0 Å². The van der Waals surface area contributed by atoms with E-state index in [1.54, 1.807) is 63.8 Å². The summed E-state index contributed by atoms with van der Waals surface area (Å²) < 4.78 is 17.7. The molecular weight excluding hydrogens is 424 g/mol. The van der Waals surface area contributed by atoms with E-state index in [0.29, 0.717) is 47.0 Å². The monoisotopic (exact) mass is 456 g/mol. The molecule has 0 spiro atoms. The van der Waals surface area contributed by atoms with Gasteiger partial charge in [-0.25, -0.2) is 4.79 Å². The lowest BCUT2D eigenvalue weighted by Crippen LogP contribution is -2.41. The van der Waals surface area contributed by atoms with Crippen molar-refractivity contribution < 1.29 is 28.6 Å². The molecule has 2 aromatic rings. The lowest BCUT2D eigenvalue weighted by Gasteiger charge is -2.25. The van der Waals surface area contributed by atoms with Gasteiger partial charge in [-0.1, -0.05) is 0 Å². The van der Waals surface area contributed by atoms with Crippen LogP contribution in [0, 0.1) is 13.8 Å². The van der Waals surface area contributed by atoms with Crippen molar-refractivity contribution in [2.45, 2.75) is 39.7 Å². The van der Waals surface area contributed by atoms with Crippen LogP contribution in [0.1, 0.15) is 62.2 Å². The van der Waals surface area contributed by atoms with Gasteiger partial charge in [0.25, 0.3) is 5.91 Å². The van der Waals surface area contributed by atoms with Crippen LogP contribution in [0.5, 0.6) is 5.75 Å². The number of hydrogen-bond donors (Lipinski definition) is 0. The Hall–Kier alpha value is -3.13. The maximum atomic E-state index is 13.4. The van der Waals surface area contributed by atoms with E-state index in [4.69, 9.17) is 14.2 Å². The summed E-state index contributed by atoms with van der Waals surface area (Å²) in [6.07, 6.45) is 1.67. The summed E-state index contributed by atoms with van der Waals surface area (Å²) >= 11 is 0. The lowest BCUT2D eigenvalue weighted by atomic mass is 10.0. The van der Waals surface area contributed by atoms with E-state index < -0.39 is 5.97 Å². The molecule has 0 radical (unpaired) electrons. The number of hydrogen-bond acceptors (Lipinski definition) is 6. The smallest absolute Gasteiger partial charge is 0.355 e. The third kappa shape index (κ3) is 5.27. The predicted octanol–water partition coefficient (Wildman–Crippen LogP) is 3.33. The summed E-state index contributed by atoms with van der Waals surface area (Å²) in [6.45, 7) is 6.38. The second-order valence-electron chi connectivity index (χ2n) is 8.19. The number of nitrogens with zero attached hydrogens (tertiary/aromatic N) is 2. The minimum atomic E-state index is -0.467. The van der Waals surface area contributed by atoms with Gasteiger partial charge < -0.3 is 23.7 Å². The first kappa shape index (κ1) is 24.5. The van der Waals surface area contributed by atoms with Gasteiger partial charge in [-0.05, 0) is 63.4 Å². The quantitative estimate of drug-likeness (QED) is 0.425. The number of methoxy groups -OCH3 is 1. The van der Waals surface area contributed by atoms with Crippen LogP contribution in [0.3, 0.4) is 0 Å². The second kappa shape index (κ2) is 10.7. The van der Waals surface area contributed by atoms with Gasteiger partial charge in [-0.3, -0.25) is 9.59 Å². The highest BCUT2D eigenvalue weighted by Crippen LogP contribution is 2.24. The molecule has 0 unspecified atom stereocenters. The van der Waals surface area contributed by atoms with E-state index in [9.17, 15) is 14.4 Å². The minimum Gasteiger partial charge on any atom is -0.497 e. The van der Waals surface area contributed by atoms with Gasteiger partial charge in [0.2, 0.25) is 0 Å². The highest BCUT2D eigenvalue weighted by atomic mass is 16.5. The minimum absolute atomic E-state index is 0.104. The molecule has 1 aliphatic rings. The lowest BCUT2D eigenvalue weighted by molar-refractivity contribution is 0.0505. The van der Waals surface area contributed by atoms with Gasteiger partial charge in [0.05, 0.1) is 26.4 Å². The molecule has 1 atom stereocenters. The Labute approximate surface area is 194 Å². The average molecular weight is 457 g/mol. The number of ether oxygens (including phenoxy) is 3. The van der Waals surface area contributed by atoms with Crippen LogP contribution in [0.2, 0.25) is 0 Å². The maximum Gasteiger partial charge on any atom is 0.355 e. The van der Waals surface area contributed by atoms with E-state index in [-0.39, 0.29) is 30.9 Å². The molecule has 1 saturated heterocycles. The van der Waals surface area contributed by atoms with Crippen molar-refractivity contribution in [1.82, 2.24) is 9.47 Å². The number of carbonyl (C=O) groups excluding carboxylic acids is 3. The largest absolute Gasteiger partial charge is 0.497 e. The molecule has 178 valence electrons. The van der Waals surface area contributed by atoms with E-state index >= 15 is 0 Å². The highest BCUT2D eigenvalue weighted by molar-refractivity contribution is 6.06. The van der Waals surface area contributed by atoms with Crippen molar-refractivity contribution in [1.29, 1.82) is 0 Å². The topological polar surface area (TPSA) is 87.1 Å². The van der Waals surface area contributed by atoms with Crippen molar-refractivity contribution in [2.24, 2.45) is 7.05 Å². The normalized spacial score (nSPS) is 15.4.